The summed E-state index contributed by atoms with van der Waals surface area (Å²) in [7, 11) is 0. The van der Waals surface area contributed by atoms with E-state index in [1.54, 1.807) is 39.8 Å². The summed E-state index contributed by atoms with van der Waals surface area (Å²) in [5.41, 5.74) is -0.640. The summed E-state index contributed by atoms with van der Waals surface area (Å²) in [4.78, 5) is 21.4. The summed E-state index contributed by atoms with van der Waals surface area (Å²) in [6, 6.07) is 5.56. The van der Waals surface area contributed by atoms with Crippen LogP contribution in [0.5, 0.6) is 0 Å². The van der Waals surface area contributed by atoms with Crippen LogP contribution >= 0.6 is 0 Å². The molecule has 2 unspecified atom stereocenters. The number of rotatable bonds is 6. The van der Waals surface area contributed by atoms with Crippen LogP contribution in [0.4, 0.5) is 23.4 Å². The highest BCUT2D eigenvalue weighted by atomic mass is 19.3. The molecule has 0 amide bonds. The number of alkyl halides is 4. The Morgan fingerprint density at radius 1 is 1.16 bits per heavy atom. The second kappa shape index (κ2) is 7.86. The van der Waals surface area contributed by atoms with Gasteiger partial charge in [-0.25, -0.2) is 27.5 Å². The van der Waals surface area contributed by atoms with Crippen LogP contribution in [0, 0.1) is 19.8 Å². The Morgan fingerprint density at radius 2 is 1.81 bits per heavy atom. The first-order valence-electron chi connectivity index (χ1n) is 10.4. The van der Waals surface area contributed by atoms with Crippen molar-refractivity contribution in [2.75, 3.05) is 5.32 Å². The third-order valence-corrected chi connectivity index (χ3v) is 6.47. The van der Waals surface area contributed by atoms with Crippen LogP contribution in [0.2, 0.25) is 0 Å². The van der Waals surface area contributed by atoms with Gasteiger partial charge in [0.25, 0.3) is 18.4 Å². The SMILES string of the molecule is Cc1nc(N[C@H](C)c2cccc(C(F)F)c2C)c2cn(C3(C(F)F)CC3C)c(=O)cc2n1. The lowest BCUT2D eigenvalue weighted by Crippen LogP contribution is -2.36. The van der Waals surface area contributed by atoms with Gasteiger partial charge in [0.05, 0.1) is 16.9 Å². The molecule has 1 saturated carbocycles. The Hall–Kier alpha value is -2.97. The van der Waals surface area contributed by atoms with Crippen LogP contribution in [0.1, 0.15) is 55.3 Å². The van der Waals surface area contributed by atoms with E-state index in [9.17, 15) is 22.4 Å². The van der Waals surface area contributed by atoms with Gasteiger partial charge in [0.1, 0.15) is 17.2 Å². The summed E-state index contributed by atoms with van der Waals surface area (Å²) in [5.74, 6) is 0.415. The lowest BCUT2D eigenvalue weighted by Gasteiger charge is -2.22. The molecule has 1 aliphatic carbocycles. The van der Waals surface area contributed by atoms with Crippen molar-refractivity contribution in [3.05, 3.63) is 63.3 Å². The summed E-state index contributed by atoms with van der Waals surface area (Å²) >= 11 is 0. The highest BCUT2D eigenvalue weighted by molar-refractivity contribution is 5.88. The second-order valence-electron chi connectivity index (χ2n) is 8.53. The Bertz CT molecular complexity index is 1240. The minimum Gasteiger partial charge on any atom is -0.363 e. The van der Waals surface area contributed by atoms with E-state index in [0.29, 0.717) is 33.7 Å². The predicted octanol–water partition coefficient (Wildman–Crippen LogP) is 5.52. The molecule has 0 aliphatic heterocycles. The number of nitrogens with zero attached hydrogens (tertiary/aromatic N) is 3. The Kier molecular flexibility index (Phi) is 5.46. The molecule has 1 aromatic carbocycles. The van der Waals surface area contributed by atoms with Crippen LogP contribution in [-0.2, 0) is 5.54 Å². The lowest BCUT2D eigenvalue weighted by atomic mass is 9.97. The smallest absolute Gasteiger partial charge is 0.264 e. The number of hydrogen-bond donors (Lipinski definition) is 1. The Morgan fingerprint density at radius 3 is 2.41 bits per heavy atom. The van der Waals surface area contributed by atoms with Crippen LogP contribution < -0.4 is 10.9 Å². The molecular weight excluding hydrogens is 424 g/mol. The first-order valence-corrected chi connectivity index (χ1v) is 10.4. The molecule has 2 heterocycles. The minimum absolute atomic E-state index is 0.0460. The average Bonchev–Trinajstić information content (AvgIpc) is 3.39. The van der Waals surface area contributed by atoms with Crippen molar-refractivity contribution in [2.24, 2.45) is 5.92 Å². The fraction of sp³-hybridized carbons (Fsp3) is 0.435. The molecule has 170 valence electrons. The van der Waals surface area contributed by atoms with Gasteiger partial charge in [0.2, 0.25) is 0 Å². The molecule has 0 saturated heterocycles. The van der Waals surface area contributed by atoms with Crippen molar-refractivity contribution < 1.29 is 17.6 Å². The molecule has 0 radical (unpaired) electrons. The number of benzene rings is 1. The molecule has 3 atom stereocenters. The molecule has 2 aromatic heterocycles. The Labute approximate surface area is 182 Å². The van der Waals surface area contributed by atoms with E-state index < -0.39 is 30.0 Å². The largest absolute Gasteiger partial charge is 0.363 e. The van der Waals surface area contributed by atoms with Crippen LogP contribution in [0.3, 0.4) is 0 Å². The zero-order valence-corrected chi connectivity index (χ0v) is 18.2. The quantitative estimate of drug-likeness (QED) is 0.505. The van der Waals surface area contributed by atoms with E-state index in [-0.39, 0.29) is 17.9 Å². The van der Waals surface area contributed by atoms with Gasteiger partial charge >= 0.3 is 0 Å². The van der Waals surface area contributed by atoms with E-state index >= 15 is 0 Å². The van der Waals surface area contributed by atoms with Gasteiger partial charge in [-0.3, -0.25) is 4.79 Å². The fourth-order valence-corrected chi connectivity index (χ4v) is 4.49. The third-order valence-electron chi connectivity index (χ3n) is 6.47. The van der Waals surface area contributed by atoms with Crippen LogP contribution in [0.25, 0.3) is 10.9 Å². The van der Waals surface area contributed by atoms with Crippen LogP contribution in [0.15, 0.2) is 35.3 Å². The van der Waals surface area contributed by atoms with Gasteiger partial charge in [-0.15, -0.1) is 0 Å². The number of aryl methyl sites for hydroxylation is 1. The summed E-state index contributed by atoms with van der Waals surface area (Å²) in [6.07, 6.45) is -3.68. The number of pyridine rings is 1. The fourth-order valence-electron chi connectivity index (χ4n) is 4.49. The van der Waals surface area contributed by atoms with Crippen molar-refractivity contribution in [3.8, 4) is 0 Å². The van der Waals surface area contributed by atoms with Gasteiger partial charge in [0, 0.05) is 17.8 Å². The Balaban J connectivity index is 1.80. The van der Waals surface area contributed by atoms with E-state index in [0.717, 1.165) is 4.57 Å². The number of halogens is 4. The molecule has 9 heteroatoms. The standard InChI is InChI=1S/C23H24F4N4O/c1-11-9-23(11,22(26)27)31-10-17-18(8-19(31)32)29-14(4)30-21(17)28-13(3)15-6-5-7-16(12(15)2)20(24)25/h5-8,10-11,13,20,22H,9H2,1-4H3,(H,28,29,30)/t11?,13-,23?/m1/s1. The van der Waals surface area contributed by atoms with E-state index in [4.69, 9.17) is 0 Å². The van der Waals surface area contributed by atoms with Crippen molar-refractivity contribution >= 4 is 16.7 Å². The van der Waals surface area contributed by atoms with E-state index in [2.05, 4.69) is 15.3 Å². The maximum atomic E-state index is 13.9. The molecule has 1 aliphatic rings. The van der Waals surface area contributed by atoms with Gasteiger partial charge in [-0.1, -0.05) is 25.1 Å². The van der Waals surface area contributed by atoms with Crippen molar-refractivity contribution in [1.82, 2.24) is 14.5 Å². The zero-order valence-electron chi connectivity index (χ0n) is 18.2. The molecule has 4 rings (SSSR count). The number of anilines is 1. The lowest BCUT2D eigenvalue weighted by molar-refractivity contribution is 0.0573. The van der Waals surface area contributed by atoms with Crippen molar-refractivity contribution in [2.45, 2.75) is 58.5 Å². The molecule has 0 spiro atoms. The maximum Gasteiger partial charge on any atom is 0.264 e. The highest BCUT2D eigenvalue weighted by Crippen LogP contribution is 2.53. The van der Waals surface area contributed by atoms with Crippen LogP contribution in [-0.4, -0.2) is 21.0 Å². The minimum atomic E-state index is -2.69. The summed E-state index contributed by atoms with van der Waals surface area (Å²) in [5, 5.41) is 3.63. The normalized spacial score (nSPS) is 21.4. The van der Waals surface area contributed by atoms with E-state index in [1.807, 2.05) is 0 Å². The number of fused-ring (bicyclic) bond motifs is 1. The molecule has 1 fully saturated rings. The first-order chi connectivity index (χ1) is 15.1. The summed E-state index contributed by atoms with van der Waals surface area (Å²) in [6.45, 7) is 6.79. The number of nitrogens with one attached hydrogen (secondary N) is 1. The first kappa shape index (κ1) is 22.2. The number of hydrogen-bond acceptors (Lipinski definition) is 4. The monoisotopic (exact) mass is 448 g/mol. The molecule has 1 N–H and O–H groups in total. The summed E-state index contributed by atoms with van der Waals surface area (Å²) < 4.78 is 55.5. The zero-order chi connectivity index (χ0) is 23.4. The van der Waals surface area contributed by atoms with E-state index in [1.165, 1.54) is 18.3 Å². The molecule has 0 bridgehead atoms. The highest BCUT2D eigenvalue weighted by Gasteiger charge is 2.60. The molecule has 32 heavy (non-hydrogen) atoms. The second-order valence-corrected chi connectivity index (χ2v) is 8.53. The third kappa shape index (κ3) is 3.53. The predicted molar refractivity (Wildman–Crippen MR) is 114 cm³/mol. The van der Waals surface area contributed by atoms with Gasteiger partial charge < -0.3 is 9.88 Å². The van der Waals surface area contributed by atoms with Crippen molar-refractivity contribution in [3.63, 3.8) is 0 Å². The topological polar surface area (TPSA) is 59.8 Å². The van der Waals surface area contributed by atoms with Gasteiger partial charge in [-0.05, 0) is 44.2 Å². The average molecular weight is 448 g/mol. The van der Waals surface area contributed by atoms with Gasteiger partial charge in [0.15, 0.2) is 0 Å². The molecular formula is C23H24F4N4O. The molecule has 5 nitrogen and oxygen atoms in total. The van der Waals surface area contributed by atoms with Crippen molar-refractivity contribution in [1.29, 1.82) is 0 Å². The molecule has 3 aromatic rings. The number of aromatic nitrogens is 3. The van der Waals surface area contributed by atoms with Gasteiger partial charge in [-0.2, -0.15) is 0 Å². The maximum absolute atomic E-state index is 13.9.